The maximum atomic E-state index is 9.32. The molecule has 0 saturated heterocycles. The molecule has 11 aromatic carbocycles. The molecule has 0 aliphatic rings. The van der Waals surface area contributed by atoms with E-state index in [2.05, 4.69) is 132 Å². The highest BCUT2D eigenvalue weighted by atomic mass is 15.4. The van der Waals surface area contributed by atoms with Crippen LogP contribution in [-0.4, -0.2) is 38.2 Å². The van der Waals surface area contributed by atoms with E-state index in [1.165, 1.54) is 0 Å². The summed E-state index contributed by atoms with van der Waals surface area (Å²) in [4.78, 5) is 23.9. The van der Waals surface area contributed by atoms with Gasteiger partial charge in [0.1, 0.15) is 5.82 Å². The predicted octanol–water partition coefficient (Wildman–Crippen LogP) is 18.7. The number of para-hydroxylation sites is 8. The molecule has 0 spiro atoms. The van der Waals surface area contributed by atoms with Gasteiger partial charge in [0.05, 0.1) is 74.9 Å². The number of nitrogens with zero attached hydrogens (tertiary/aromatic N) is 10. The van der Waals surface area contributed by atoms with Crippen LogP contribution in [0, 0.1) is 6.33 Å². The molecule has 0 amide bonds. The molecule has 10 nitrogen and oxygen atoms in total. The molecule has 6 heterocycles. The zero-order valence-electron chi connectivity index (χ0n) is 58.3. The minimum absolute atomic E-state index is 0.126. The second kappa shape index (κ2) is 20.5. The molecule has 0 bridgehead atoms. The number of rotatable bonds is 10. The SMILES string of the molecule is [2H]c1c([2H])c([2H])c(-c2cccc(-c3c([2H])c([2H])c([2H])c([2H])c3[2H])c2-[n+]2[c-]n(-c3cccc(N(c4ccc5c6ccccc6n(-c6cc(C(C)(C)C)ccn6)c5c4)c4nc(-n5c6ccccc6c6ccccc65)nc(-n5c6ccccc6c6ccccc65)n4)c3)c3ccccc32)c([2H])c1[2H]. The third-order valence-corrected chi connectivity index (χ3v) is 16.8. The Morgan fingerprint density at radius 2 is 0.899 bits per heavy atom. The normalized spacial score (nSPS) is 13.6. The fourth-order valence-corrected chi connectivity index (χ4v) is 12.8. The third kappa shape index (κ3) is 8.43. The molecule has 0 N–H and O–H groups in total. The second-order valence-electron chi connectivity index (χ2n) is 23.0. The van der Waals surface area contributed by atoms with Crippen molar-refractivity contribution in [1.29, 1.82) is 0 Å². The Morgan fingerprint density at radius 1 is 0.427 bits per heavy atom. The quantitative estimate of drug-likeness (QED) is 0.101. The van der Waals surface area contributed by atoms with Gasteiger partial charge in [-0.25, -0.2) is 4.98 Å². The van der Waals surface area contributed by atoms with Gasteiger partial charge in [0.25, 0.3) is 6.33 Å². The molecule has 89 heavy (non-hydrogen) atoms. The number of imidazole rings is 1. The molecule has 17 aromatic rings. The van der Waals surface area contributed by atoms with Crippen LogP contribution in [0.25, 0.3) is 128 Å². The van der Waals surface area contributed by atoms with Crippen molar-refractivity contribution in [2.75, 3.05) is 4.90 Å². The smallest absolute Gasteiger partial charge is 0.269 e. The zero-order valence-corrected chi connectivity index (χ0v) is 48.3. The number of aromatic nitrogens is 9. The molecule has 0 fully saturated rings. The van der Waals surface area contributed by atoms with Gasteiger partial charge in [0.2, 0.25) is 17.8 Å². The summed E-state index contributed by atoms with van der Waals surface area (Å²) < 4.78 is 99.7. The number of hydrogen-bond acceptors (Lipinski definition) is 5. The van der Waals surface area contributed by atoms with E-state index in [-0.39, 0.29) is 39.3 Å². The summed E-state index contributed by atoms with van der Waals surface area (Å²) in [5.74, 6) is 1.71. The lowest BCUT2D eigenvalue weighted by Crippen LogP contribution is -2.31. The van der Waals surface area contributed by atoms with Gasteiger partial charge in [-0.15, -0.1) is 0 Å². The van der Waals surface area contributed by atoms with Gasteiger partial charge in [-0.05, 0) is 106 Å². The Labute approximate surface area is 527 Å². The predicted molar refractivity (Wildman–Crippen MR) is 362 cm³/mol. The Bertz CT molecular complexity index is 5900. The van der Waals surface area contributed by atoms with Crippen molar-refractivity contribution in [1.82, 2.24) is 38.2 Å². The van der Waals surface area contributed by atoms with Crippen molar-refractivity contribution in [2.45, 2.75) is 26.2 Å². The van der Waals surface area contributed by atoms with Crippen molar-refractivity contribution in [3.05, 3.63) is 297 Å². The van der Waals surface area contributed by atoms with Crippen LogP contribution in [-0.2, 0) is 5.41 Å². The van der Waals surface area contributed by atoms with Crippen LogP contribution in [0.2, 0.25) is 0 Å². The van der Waals surface area contributed by atoms with Crippen LogP contribution in [0.5, 0.6) is 0 Å². The summed E-state index contributed by atoms with van der Waals surface area (Å²) >= 11 is 0. The van der Waals surface area contributed by atoms with Gasteiger partial charge in [-0.2, -0.15) is 15.0 Å². The Morgan fingerprint density at radius 3 is 1.44 bits per heavy atom. The highest BCUT2D eigenvalue weighted by molar-refractivity contribution is 6.12. The number of pyridine rings is 1. The van der Waals surface area contributed by atoms with Crippen molar-refractivity contribution >= 4 is 93.8 Å². The standard InChI is InChI=1S/C79H56N10/c1-79(2,3)54-46-47-80-74(48-54)87-66-37-15-10-34-64(66)65-45-44-57(50-73(65)87)86(56-29-22-28-55(49-56)84-51-85(72-43-21-20-42-71(72)84)75-58(52-24-6-4-7-25-52)35-23-36-59(75)53-26-8-5-9-27-53)76-81-77(88-67-38-16-11-30-60(67)61-31-12-17-39-68(61)88)83-78(82-76)89-69-40-18-13-32-62(69)63-33-14-19-41-70(63)89/h4-50H,1-3H3/i4D,5D,6D,7D,8D,9D,24D,25D,26D,27D. The highest BCUT2D eigenvalue weighted by Crippen LogP contribution is 2.42. The molecule has 10 heteroatoms. The fraction of sp³-hybridized carbons (Fsp3) is 0.0506. The molecular formula is C79H56N10. The molecule has 0 atom stereocenters. The minimum atomic E-state index is -0.588. The third-order valence-electron chi connectivity index (χ3n) is 16.8. The summed E-state index contributed by atoms with van der Waals surface area (Å²) in [5.41, 5.74) is 9.37. The van der Waals surface area contributed by atoms with Crippen molar-refractivity contribution < 1.29 is 18.3 Å². The van der Waals surface area contributed by atoms with Gasteiger partial charge >= 0.3 is 0 Å². The molecule has 0 saturated carbocycles. The first kappa shape index (κ1) is 42.1. The maximum Gasteiger partial charge on any atom is 0.269 e. The lowest BCUT2D eigenvalue weighted by atomic mass is 9.88. The molecule has 0 radical (unpaired) electrons. The second-order valence-corrected chi connectivity index (χ2v) is 23.0. The summed E-state index contributed by atoms with van der Waals surface area (Å²) in [6.07, 6.45) is 5.47. The summed E-state index contributed by atoms with van der Waals surface area (Å²) in [6.45, 7) is 6.58. The van der Waals surface area contributed by atoms with Crippen molar-refractivity contribution in [3.8, 4) is 51.3 Å². The number of benzene rings is 11. The van der Waals surface area contributed by atoms with Crippen LogP contribution in [0.3, 0.4) is 0 Å². The average Bonchev–Trinajstić information content (AvgIpc) is 1.74. The van der Waals surface area contributed by atoms with E-state index < -0.39 is 60.4 Å². The number of hydrogen-bond donors (Lipinski definition) is 0. The summed E-state index contributed by atoms with van der Waals surface area (Å²) in [7, 11) is 0. The summed E-state index contributed by atoms with van der Waals surface area (Å²) in [5, 5.41) is 6.09. The maximum absolute atomic E-state index is 9.32. The molecule has 0 unspecified atom stereocenters. The monoisotopic (exact) mass is 1150 g/mol. The largest absolute Gasteiger partial charge is 0.294 e. The van der Waals surface area contributed by atoms with Gasteiger partial charge in [-0.1, -0.05) is 227 Å². The van der Waals surface area contributed by atoms with Gasteiger partial charge in [-0.3, -0.25) is 27.7 Å². The lowest BCUT2D eigenvalue weighted by Gasteiger charge is -2.25. The van der Waals surface area contributed by atoms with E-state index in [0.717, 1.165) is 76.8 Å². The Hall–Kier alpha value is -11.8. The van der Waals surface area contributed by atoms with Crippen molar-refractivity contribution in [3.63, 3.8) is 0 Å². The molecule has 17 rings (SSSR count). The van der Waals surface area contributed by atoms with E-state index in [1.807, 2.05) is 125 Å². The van der Waals surface area contributed by atoms with E-state index in [0.29, 0.717) is 40.0 Å². The summed E-state index contributed by atoms with van der Waals surface area (Å²) in [6, 6.07) is 66.6. The van der Waals surface area contributed by atoms with Crippen LogP contribution >= 0.6 is 0 Å². The van der Waals surface area contributed by atoms with Gasteiger partial charge < -0.3 is 0 Å². The van der Waals surface area contributed by atoms with Crippen molar-refractivity contribution in [2.24, 2.45) is 0 Å². The first-order valence-electron chi connectivity index (χ1n) is 34.3. The Kier molecular flexibility index (Phi) is 9.69. The highest BCUT2D eigenvalue weighted by Gasteiger charge is 2.27. The minimum Gasteiger partial charge on any atom is -0.294 e. The van der Waals surface area contributed by atoms with Crippen LogP contribution in [0.15, 0.2) is 285 Å². The van der Waals surface area contributed by atoms with Gasteiger partial charge in [0, 0.05) is 44.2 Å². The molecule has 0 aliphatic carbocycles. The number of anilines is 3. The molecule has 6 aromatic heterocycles. The lowest BCUT2D eigenvalue weighted by molar-refractivity contribution is -0.571. The zero-order chi connectivity index (χ0) is 68.0. The Balaban J connectivity index is 0.961. The van der Waals surface area contributed by atoms with Crippen LogP contribution in [0.4, 0.5) is 17.3 Å². The average molecular weight is 1160 g/mol. The van der Waals surface area contributed by atoms with E-state index >= 15 is 0 Å². The fourth-order valence-electron chi connectivity index (χ4n) is 12.8. The van der Waals surface area contributed by atoms with Crippen LogP contribution < -0.4 is 9.47 Å². The van der Waals surface area contributed by atoms with Gasteiger partial charge in [0.15, 0.2) is 0 Å². The van der Waals surface area contributed by atoms with E-state index in [1.54, 1.807) is 22.8 Å². The van der Waals surface area contributed by atoms with E-state index in [9.17, 15) is 5.48 Å². The molecular weight excluding hydrogens is 1090 g/mol. The topological polar surface area (TPSA) is 78.4 Å². The first-order valence-corrected chi connectivity index (χ1v) is 29.3. The first-order chi connectivity index (χ1) is 47.9. The number of fused-ring (bicyclic) bond motifs is 10. The molecule has 0 aliphatic heterocycles. The molecule has 422 valence electrons. The van der Waals surface area contributed by atoms with E-state index in [4.69, 9.17) is 28.2 Å². The van der Waals surface area contributed by atoms with Crippen LogP contribution in [0.1, 0.15) is 40.0 Å².